The Hall–Kier alpha value is -0.770. The first-order chi connectivity index (χ1) is 7.59. The zero-order valence-corrected chi connectivity index (χ0v) is 11.6. The molecule has 3 nitrogen and oxygen atoms in total. The summed E-state index contributed by atoms with van der Waals surface area (Å²) < 4.78 is 0. The first-order valence-corrected chi connectivity index (χ1v) is 5.66. The second-order valence-corrected chi connectivity index (χ2v) is 4.36. The lowest BCUT2D eigenvalue weighted by Gasteiger charge is -2.09. The first kappa shape index (κ1) is 16.2. The van der Waals surface area contributed by atoms with Crippen molar-refractivity contribution in [3.8, 4) is 0 Å². The largest absolute Gasteiger partial charge is 1.00 e. The van der Waals surface area contributed by atoms with Crippen molar-refractivity contribution in [2.75, 3.05) is 27.2 Å². The van der Waals surface area contributed by atoms with Gasteiger partial charge in [0.05, 0.1) is 0 Å². The molecule has 0 aromatic heterocycles. The topological polar surface area (TPSA) is 32.3 Å². The van der Waals surface area contributed by atoms with Crippen molar-refractivity contribution in [1.82, 2.24) is 10.2 Å². The summed E-state index contributed by atoms with van der Waals surface area (Å²) in [7, 11) is 4.03. The van der Waals surface area contributed by atoms with E-state index in [0.29, 0.717) is 17.1 Å². The molecule has 5 heteroatoms. The van der Waals surface area contributed by atoms with Gasteiger partial charge in [-0.25, -0.2) is 0 Å². The monoisotopic (exact) mass is 275 g/mol. The Balaban J connectivity index is 0.00000256. The van der Waals surface area contributed by atoms with E-state index in [2.05, 4.69) is 10.2 Å². The quantitative estimate of drug-likeness (QED) is 0.702. The number of nitrogens with zero attached hydrogens (tertiary/aromatic N) is 1. The van der Waals surface area contributed by atoms with Crippen LogP contribution in [0.1, 0.15) is 16.8 Å². The first-order valence-electron chi connectivity index (χ1n) is 5.28. The summed E-state index contributed by atoms with van der Waals surface area (Å²) in [5.41, 5.74) is 0.647. The summed E-state index contributed by atoms with van der Waals surface area (Å²) in [6, 6.07) is 6.89. The highest BCUT2D eigenvalue weighted by Crippen LogP contribution is 2.09. The Kier molecular flexibility index (Phi) is 7.96. The van der Waals surface area contributed by atoms with Crippen molar-refractivity contribution in [3.05, 3.63) is 34.9 Å². The molecule has 0 atom stereocenters. The Morgan fingerprint density at radius 1 is 1.29 bits per heavy atom. The Morgan fingerprint density at radius 3 is 2.41 bits per heavy atom. The van der Waals surface area contributed by atoms with Gasteiger partial charge in [0.25, 0.3) is 5.91 Å². The number of amides is 1. The highest BCUT2D eigenvalue weighted by Gasteiger charge is 2.03. The molecule has 0 aliphatic carbocycles. The van der Waals surface area contributed by atoms with Crippen molar-refractivity contribution < 1.29 is 17.2 Å². The molecule has 0 radical (unpaired) electrons. The van der Waals surface area contributed by atoms with E-state index in [0.717, 1.165) is 13.0 Å². The van der Waals surface area contributed by atoms with E-state index in [1.807, 2.05) is 14.1 Å². The van der Waals surface area contributed by atoms with Crippen LogP contribution in [0.25, 0.3) is 0 Å². The normalized spacial score (nSPS) is 9.88. The average Bonchev–Trinajstić information content (AvgIpc) is 2.25. The summed E-state index contributed by atoms with van der Waals surface area (Å²) in [5, 5.41) is 3.51. The van der Waals surface area contributed by atoms with Gasteiger partial charge in [-0.1, -0.05) is 11.6 Å². The maximum absolute atomic E-state index is 11.6. The highest BCUT2D eigenvalue weighted by atomic mass is 35.5. The van der Waals surface area contributed by atoms with Gasteiger partial charge < -0.3 is 22.6 Å². The number of hydrogen-bond acceptors (Lipinski definition) is 2. The second-order valence-electron chi connectivity index (χ2n) is 3.92. The van der Waals surface area contributed by atoms with Crippen LogP contribution < -0.4 is 17.7 Å². The van der Waals surface area contributed by atoms with Crippen LogP contribution in [0.4, 0.5) is 0 Å². The van der Waals surface area contributed by atoms with Gasteiger partial charge in [-0.05, 0) is 51.3 Å². The molecule has 1 N–H and O–H groups in total. The van der Waals surface area contributed by atoms with Gasteiger partial charge in [0, 0.05) is 17.1 Å². The van der Waals surface area contributed by atoms with Gasteiger partial charge in [-0.3, -0.25) is 4.79 Å². The molecule has 1 aromatic carbocycles. The highest BCUT2D eigenvalue weighted by molar-refractivity contribution is 6.30. The predicted molar refractivity (Wildman–Crippen MR) is 67.0 cm³/mol. The molecule has 1 aromatic rings. The Labute approximate surface area is 114 Å². The molecular formula is C12H17Cl2N2O-. The van der Waals surface area contributed by atoms with Crippen LogP contribution in [0.2, 0.25) is 5.02 Å². The predicted octanol–water partition coefficient (Wildman–Crippen LogP) is -0.974. The van der Waals surface area contributed by atoms with Crippen molar-refractivity contribution in [2.24, 2.45) is 0 Å². The van der Waals surface area contributed by atoms with E-state index in [1.54, 1.807) is 24.3 Å². The smallest absolute Gasteiger partial charge is 0.251 e. The van der Waals surface area contributed by atoms with Crippen molar-refractivity contribution in [1.29, 1.82) is 0 Å². The molecule has 0 spiro atoms. The number of halogens is 2. The van der Waals surface area contributed by atoms with Crippen molar-refractivity contribution in [2.45, 2.75) is 6.42 Å². The summed E-state index contributed by atoms with van der Waals surface area (Å²) in [5.74, 6) is -0.0459. The van der Waals surface area contributed by atoms with E-state index >= 15 is 0 Å². The fourth-order valence-electron chi connectivity index (χ4n) is 1.30. The van der Waals surface area contributed by atoms with Crippen LogP contribution in [0.15, 0.2) is 24.3 Å². The average molecular weight is 276 g/mol. The van der Waals surface area contributed by atoms with Crippen LogP contribution in [0.3, 0.4) is 0 Å². The fraction of sp³-hybridized carbons (Fsp3) is 0.417. The third-order valence-electron chi connectivity index (χ3n) is 2.17. The molecule has 96 valence electrons. The maximum Gasteiger partial charge on any atom is 0.251 e. The number of rotatable bonds is 5. The summed E-state index contributed by atoms with van der Waals surface area (Å²) >= 11 is 5.74. The van der Waals surface area contributed by atoms with Gasteiger partial charge >= 0.3 is 0 Å². The standard InChI is InChI=1S/C12H17ClN2O.ClH/c1-15(2)9-3-8-14-12(16)10-4-6-11(13)7-5-10;/h4-7H,3,8-9H2,1-2H3,(H,14,16);1H/p-1. The molecule has 0 heterocycles. The fourth-order valence-corrected chi connectivity index (χ4v) is 1.43. The Bertz CT molecular complexity index is 339. The summed E-state index contributed by atoms with van der Waals surface area (Å²) in [6.07, 6.45) is 0.951. The third kappa shape index (κ3) is 6.51. The van der Waals surface area contributed by atoms with Crippen LogP contribution >= 0.6 is 11.6 Å². The van der Waals surface area contributed by atoms with Gasteiger partial charge in [0.2, 0.25) is 0 Å². The minimum absolute atomic E-state index is 0. The molecule has 17 heavy (non-hydrogen) atoms. The number of benzene rings is 1. The van der Waals surface area contributed by atoms with E-state index in [1.165, 1.54) is 0 Å². The zero-order valence-electron chi connectivity index (χ0n) is 10.0. The lowest BCUT2D eigenvalue weighted by Crippen LogP contribution is -3.00. The number of carbonyl (C=O) groups excluding carboxylic acids is 1. The minimum Gasteiger partial charge on any atom is -1.00 e. The van der Waals surface area contributed by atoms with Crippen LogP contribution in [-0.4, -0.2) is 38.0 Å². The number of nitrogens with one attached hydrogen (secondary N) is 1. The Morgan fingerprint density at radius 2 is 1.88 bits per heavy atom. The molecule has 0 aliphatic rings. The molecule has 0 fully saturated rings. The lowest BCUT2D eigenvalue weighted by atomic mass is 10.2. The SMILES string of the molecule is CN(C)CCCNC(=O)c1ccc(Cl)cc1.[Cl-]. The van der Waals surface area contributed by atoms with E-state index in [-0.39, 0.29) is 18.3 Å². The lowest BCUT2D eigenvalue weighted by molar-refractivity contribution is -0.0000117. The molecule has 0 saturated carbocycles. The van der Waals surface area contributed by atoms with E-state index < -0.39 is 0 Å². The third-order valence-corrected chi connectivity index (χ3v) is 2.43. The van der Waals surface area contributed by atoms with E-state index in [9.17, 15) is 4.79 Å². The molecule has 0 saturated heterocycles. The van der Waals surface area contributed by atoms with Gasteiger partial charge in [0.1, 0.15) is 0 Å². The van der Waals surface area contributed by atoms with Crippen LogP contribution in [0, 0.1) is 0 Å². The number of hydrogen-bond donors (Lipinski definition) is 1. The van der Waals surface area contributed by atoms with Crippen molar-refractivity contribution in [3.63, 3.8) is 0 Å². The zero-order chi connectivity index (χ0) is 12.0. The maximum atomic E-state index is 11.6. The van der Waals surface area contributed by atoms with Crippen LogP contribution in [-0.2, 0) is 0 Å². The van der Waals surface area contributed by atoms with Gasteiger partial charge in [-0.2, -0.15) is 0 Å². The molecule has 0 aliphatic heterocycles. The van der Waals surface area contributed by atoms with Gasteiger partial charge in [0.15, 0.2) is 0 Å². The van der Waals surface area contributed by atoms with Crippen LogP contribution in [0.5, 0.6) is 0 Å². The molecule has 1 rings (SSSR count). The minimum atomic E-state index is -0.0459. The molecule has 0 unspecified atom stereocenters. The van der Waals surface area contributed by atoms with Gasteiger partial charge in [-0.15, -0.1) is 0 Å². The molecular weight excluding hydrogens is 259 g/mol. The summed E-state index contributed by atoms with van der Waals surface area (Å²) in [6.45, 7) is 1.67. The van der Waals surface area contributed by atoms with Crippen molar-refractivity contribution >= 4 is 17.5 Å². The summed E-state index contributed by atoms with van der Waals surface area (Å²) in [4.78, 5) is 13.7. The van der Waals surface area contributed by atoms with E-state index in [4.69, 9.17) is 11.6 Å². The molecule has 1 amide bonds. The molecule has 0 bridgehead atoms. The second kappa shape index (κ2) is 8.34. The number of carbonyl (C=O) groups is 1.